The lowest BCUT2D eigenvalue weighted by Crippen LogP contribution is -2.35. The largest absolute Gasteiger partial charge is 0.299 e. The molecule has 0 aliphatic heterocycles. The summed E-state index contributed by atoms with van der Waals surface area (Å²) in [4.78, 5) is 28.7. The number of aromatic nitrogens is 1. The minimum Gasteiger partial charge on any atom is -0.299 e. The molecular formula is C32H23NO2S2. The molecule has 0 saturated heterocycles. The number of benzene rings is 3. The maximum Gasteiger partial charge on any atom is 0.173 e. The van der Waals surface area contributed by atoms with E-state index in [-0.39, 0.29) is 11.6 Å². The summed E-state index contributed by atoms with van der Waals surface area (Å²) in [5.74, 6) is -0.109. The smallest absolute Gasteiger partial charge is 0.173 e. The Morgan fingerprint density at radius 3 is 2.27 bits per heavy atom. The maximum atomic E-state index is 13.2. The van der Waals surface area contributed by atoms with E-state index in [1.165, 1.54) is 57.6 Å². The molecule has 1 aliphatic carbocycles. The normalized spacial score (nSPS) is 17.7. The number of carbonyl (C=O) groups is 2. The number of para-hydroxylation sites is 1. The second kappa shape index (κ2) is 6.66. The van der Waals surface area contributed by atoms with Crippen molar-refractivity contribution < 1.29 is 9.59 Å². The van der Waals surface area contributed by atoms with Gasteiger partial charge in [-0.05, 0) is 29.0 Å². The van der Waals surface area contributed by atoms with Crippen molar-refractivity contribution in [3.05, 3.63) is 71.1 Å². The van der Waals surface area contributed by atoms with Crippen molar-refractivity contribution >= 4 is 97.9 Å². The molecule has 0 spiro atoms. The molecule has 3 nitrogen and oxygen atoms in total. The second-order valence-corrected chi connectivity index (χ2v) is 13.4. The van der Waals surface area contributed by atoms with Crippen molar-refractivity contribution in [2.24, 2.45) is 10.8 Å². The summed E-state index contributed by atoms with van der Waals surface area (Å²) in [5.41, 5.74) is 1.44. The second-order valence-electron chi connectivity index (χ2n) is 11.3. The molecule has 1 saturated carbocycles. The molecule has 0 radical (unpaired) electrons. The minimum absolute atomic E-state index is 0.0545. The number of Topliss-reactive ketones (excluding diaryl/α,β-unsaturated/α-hetero) is 2. The van der Waals surface area contributed by atoms with Crippen molar-refractivity contribution in [2.45, 2.75) is 27.7 Å². The van der Waals surface area contributed by atoms with Crippen LogP contribution >= 0.6 is 22.7 Å². The number of carbonyl (C=O) groups excluding carboxylic acids is 2. The lowest BCUT2D eigenvalue weighted by atomic mass is 9.70. The Morgan fingerprint density at radius 2 is 1.49 bits per heavy atom. The van der Waals surface area contributed by atoms with Gasteiger partial charge < -0.3 is 0 Å². The van der Waals surface area contributed by atoms with Crippen LogP contribution in [0.2, 0.25) is 0 Å². The molecule has 3 aromatic carbocycles. The summed E-state index contributed by atoms with van der Waals surface area (Å²) in [7, 11) is 0. The monoisotopic (exact) mass is 517 g/mol. The molecule has 180 valence electrons. The molecule has 0 N–H and O–H groups in total. The van der Waals surface area contributed by atoms with Crippen LogP contribution in [0.1, 0.15) is 32.6 Å². The molecule has 5 heteroatoms. The highest BCUT2D eigenvalue weighted by Gasteiger charge is 2.57. The highest BCUT2D eigenvalue weighted by molar-refractivity contribution is 7.33. The third-order valence-corrected chi connectivity index (χ3v) is 11.3. The molecule has 0 unspecified atom stereocenters. The van der Waals surface area contributed by atoms with Crippen LogP contribution < -0.4 is 0 Å². The van der Waals surface area contributed by atoms with E-state index in [0.717, 1.165) is 4.88 Å². The number of thiophene rings is 2. The fourth-order valence-electron chi connectivity index (χ4n) is 6.22. The van der Waals surface area contributed by atoms with Gasteiger partial charge in [-0.25, -0.2) is 0 Å². The summed E-state index contributed by atoms with van der Waals surface area (Å²) in [6.07, 6.45) is 1.84. The summed E-state index contributed by atoms with van der Waals surface area (Å²) >= 11 is 3.48. The predicted octanol–water partition coefficient (Wildman–Crippen LogP) is 8.85. The topological polar surface area (TPSA) is 38.5 Å². The lowest BCUT2D eigenvalue weighted by Gasteiger charge is -2.30. The third kappa shape index (κ3) is 2.42. The number of rotatable bonds is 1. The van der Waals surface area contributed by atoms with E-state index in [1.807, 2.05) is 33.8 Å². The Labute approximate surface area is 220 Å². The fraction of sp³-hybridized carbons (Fsp3) is 0.188. The average molecular weight is 518 g/mol. The first-order valence-corrected chi connectivity index (χ1v) is 14.2. The molecular weight excluding hydrogens is 494 g/mol. The van der Waals surface area contributed by atoms with Crippen LogP contribution in [0, 0.1) is 10.8 Å². The number of ketones is 2. The number of hydrogen-bond donors (Lipinski definition) is 0. The van der Waals surface area contributed by atoms with Gasteiger partial charge in [0, 0.05) is 42.0 Å². The zero-order valence-electron chi connectivity index (χ0n) is 20.9. The van der Waals surface area contributed by atoms with E-state index in [2.05, 4.69) is 65.1 Å². The predicted molar refractivity (Wildman–Crippen MR) is 157 cm³/mol. The molecule has 7 aromatic rings. The lowest BCUT2D eigenvalue weighted by molar-refractivity contribution is -0.129. The van der Waals surface area contributed by atoms with Gasteiger partial charge in [0.25, 0.3) is 0 Å². The highest BCUT2D eigenvalue weighted by atomic mass is 32.1. The summed E-state index contributed by atoms with van der Waals surface area (Å²) in [6.45, 7) is 7.55. The Bertz CT molecular complexity index is 2150. The van der Waals surface area contributed by atoms with Crippen LogP contribution in [0.3, 0.4) is 0 Å². The Morgan fingerprint density at radius 1 is 0.757 bits per heavy atom. The molecule has 0 amide bonds. The number of fused-ring (bicyclic) bond motifs is 8. The Kier molecular flexibility index (Phi) is 3.88. The van der Waals surface area contributed by atoms with Gasteiger partial charge in [-0.15, -0.1) is 22.7 Å². The van der Waals surface area contributed by atoms with E-state index in [1.54, 1.807) is 22.7 Å². The zero-order valence-corrected chi connectivity index (χ0v) is 22.6. The van der Waals surface area contributed by atoms with Gasteiger partial charge in [-0.1, -0.05) is 76.2 Å². The fourth-order valence-corrected chi connectivity index (χ4v) is 8.85. The van der Waals surface area contributed by atoms with Crippen LogP contribution in [0.25, 0.3) is 63.7 Å². The van der Waals surface area contributed by atoms with Crippen LogP contribution in [0.15, 0.2) is 66.2 Å². The summed E-state index contributed by atoms with van der Waals surface area (Å²) in [5, 5.41) is 7.60. The molecule has 37 heavy (non-hydrogen) atoms. The van der Waals surface area contributed by atoms with Crippen LogP contribution in [0.4, 0.5) is 0 Å². The molecule has 1 aliphatic rings. The van der Waals surface area contributed by atoms with Crippen molar-refractivity contribution in [3.63, 3.8) is 0 Å². The van der Waals surface area contributed by atoms with Crippen molar-refractivity contribution in [3.8, 4) is 0 Å². The van der Waals surface area contributed by atoms with Gasteiger partial charge in [0.15, 0.2) is 11.6 Å². The summed E-state index contributed by atoms with van der Waals surface area (Å²) < 4.78 is 4.85. The first kappa shape index (κ1) is 21.5. The Balaban J connectivity index is 1.48. The van der Waals surface area contributed by atoms with Crippen molar-refractivity contribution in [1.82, 2.24) is 4.40 Å². The molecule has 4 heterocycles. The first-order valence-electron chi connectivity index (χ1n) is 12.5. The van der Waals surface area contributed by atoms with Gasteiger partial charge in [-0.3, -0.25) is 14.0 Å². The molecule has 0 bridgehead atoms. The van der Waals surface area contributed by atoms with Crippen molar-refractivity contribution in [1.29, 1.82) is 0 Å². The molecule has 1 fully saturated rings. The average Bonchev–Trinajstić information content (AvgIpc) is 3.56. The quantitative estimate of drug-likeness (QED) is 0.161. The van der Waals surface area contributed by atoms with Gasteiger partial charge in [0.05, 0.1) is 21.3 Å². The first-order chi connectivity index (χ1) is 17.7. The minimum atomic E-state index is -0.704. The van der Waals surface area contributed by atoms with E-state index in [4.69, 9.17) is 0 Å². The van der Waals surface area contributed by atoms with Crippen LogP contribution in [-0.4, -0.2) is 16.0 Å². The van der Waals surface area contributed by atoms with Crippen molar-refractivity contribution in [2.75, 3.05) is 0 Å². The summed E-state index contributed by atoms with van der Waals surface area (Å²) in [6, 6.07) is 21.9. The van der Waals surface area contributed by atoms with Gasteiger partial charge in [0.1, 0.15) is 4.83 Å². The zero-order chi connectivity index (χ0) is 25.4. The van der Waals surface area contributed by atoms with E-state index < -0.39 is 10.8 Å². The Hall–Kier alpha value is -3.54. The number of hydrogen-bond acceptors (Lipinski definition) is 4. The third-order valence-electron chi connectivity index (χ3n) is 8.99. The van der Waals surface area contributed by atoms with Gasteiger partial charge in [-0.2, -0.15) is 0 Å². The van der Waals surface area contributed by atoms with E-state index in [9.17, 15) is 9.59 Å². The van der Waals surface area contributed by atoms with Gasteiger partial charge >= 0.3 is 0 Å². The van der Waals surface area contributed by atoms with Gasteiger partial charge in [0.2, 0.25) is 0 Å². The highest BCUT2D eigenvalue weighted by Crippen LogP contribution is 2.51. The van der Waals surface area contributed by atoms with Crippen LogP contribution in [-0.2, 0) is 9.59 Å². The number of nitrogens with zero attached hydrogens (tertiary/aromatic N) is 1. The molecule has 4 aromatic heterocycles. The molecule has 0 atom stereocenters. The number of allylic oxidation sites excluding steroid dienone is 1. The standard InChI is InChI=1S/C32H23NO2S2/c1-31(2)28(34)21(29(35)32(31,3)4)14-17-15-23-27(36-17)25-20-10-7-8-16-12-13-19-18-9-5-6-11-22(18)33(30(25)37-23)26(19)24(16)20/h5-15H,1-4H3. The maximum absolute atomic E-state index is 13.2. The molecule has 8 rings (SSSR count). The SMILES string of the molecule is CC1(C)C(=O)C(=Cc2cc3sc4c(c5cccc6ccc7c8ccccc8n4c7c65)c3s2)C(=O)C1(C)C. The number of pyridine rings is 1. The van der Waals surface area contributed by atoms with Crippen LogP contribution in [0.5, 0.6) is 0 Å². The van der Waals surface area contributed by atoms with E-state index in [0.29, 0.717) is 5.57 Å². The van der Waals surface area contributed by atoms with E-state index >= 15 is 0 Å².